The van der Waals surface area contributed by atoms with Crippen LogP contribution in [0.4, 0.5) is 0 Å². The van der Waals surface area contributed by atoms with Crippen LogP contribution in [0.2, 0.25) is 0 Å². The van der Waals surface area contributed by atoms with Gasteiger partial charge in [0, 0.05) is 26.5 Å². The van der Waals surface area contributed by atoms with Gasteiger partial charge in [0.2, 0.25) is 5.91 Å². The Morgan fingerprint density at radius 1 is 1.42 bits per heavy atom. The number of nitrogens with zero attached hydrogens (tertiary/aromatic N) is 3. The van der Waals surface area contributed by atoms with Crippen LogP contribution in [0.5, 0.6) is 0 Å². The van der Waals surface area contributed by atoms with Crippen LogP contribution in [0.1, 0.15) is 17.4 Å². The van der Waals surface area contributed by atoms with Gasteiger partial charge in [-0.2, -0.15) is 0 Å². The molecule has 5 nitrogen and oxygen atoms in total. The summed E-state index contributed by atoms with van der Waals surface area (Å²) in [5, 5.41) is 0. The molecular formula is C14H18N4O. The molecule has 0 spiro atoms. The van der Waals surface area contributed by atoms with Crippen LogP contribution in [0.15, 0.2) is 42.7 Å². The highest BCUT2D eigenvalue weighted by molar-refractivity contribution is 5.82. The molecule has 0 aliphatic carbocycles. The lowest BCUT2D eigenvalue weighted by molar-refractivity contribution is -0.132. The summed E-state index contributed by atoms with van der Waals surface area (Å²) in [5.74, 6) is 0.713. The van der Waals surface area contributed by atoms with Crippen molar-refractivity contribution in [3.8, 4) is 0 Å². The van der Waals surface area contributed by atoms with Crippen LogP contribution < -0.4 is 5.73 Å². The topological polar surface area (TPSA) is 64.2 Å². The van der Waals surface area contributed by atoms with E-state index in [1.54, 1.807) is 18.1 Å². The van der Waals surface area contributed by atoms with Gasteiger partial charge in [0.1, 0.15) is 11.9 Å². The van der Waals surface area contributed by atoms with Crippen LogP contribution in [-0.4, -0.2) is 27.4 Å². The first-order chi connectivity index (χ1) is 9.09. The molecule has 0 bridgehead atoms. The molecule has 1 heterocycles. The van der Waals surface area contributed by atoms with E-state index >= 15 is 0 Å². The third kappa shape index (κ3) is 3.00. The Kier molecular flexibility index (Phi) is 3.97. The molecule has 0 fully saturated rings. The van der Waals surface area contributed by atoms with Gasteiger partial charge in [0.15, 0.2) is 0 Å². The molecule has 1 amide bonds. The van der Waals surface area contributed by atoms with Crippen molar-refractivity contribution in [2.75, 3.05) is 7.05 Å². The maximum atomic E-state index is 12.2. The van der Waals surface area contributed by atoms with Gasteiger partial charge in [-0.05, 0) is 5.56 Å². The Morgan fingerprint density at radius 2 is 2.11 bits per heavy atom. The first-order valence-electron chi connectivity index (χ1n) is 6.11. The standard InChI is InChI=1S/C14H18N4O/c1-17-9-8-16-12(17)10-18(2)14(19)13(15)11-6-4-3-5-7-11/h3-9,13H,10,15H2,1-2H3. The second-order valence-electron chi connectivity index (χ2n) is 4.54. The molecule has 1 unspecified atom stereocenters. The van der Waals surface area contributed by atoms with E-state index in [2.05, 4.69) is 4.98 Å². The number of nitrogens with two attached hydrogens (primary N) is 1. The van der Waals surface area contributed by atoms with Gasteiger partial charge >= 0.3 is 0 Å². The Balaban J connectivity index is 2.05. The Labute approximate surface area is 112 Å². The maximum absolute atomic E-state index is 12.2. The van der Waals surface area contributed by atoms with Gasteiger partial charge in [-0.15, -0.1) is 0 Å². The highest BCUT2D eigenvalue weighted by Crippen LogP contribution is 2.13. The second-order valence-corrected chi connectivity index (χ2v) is 4.54. The summed E-state index contributed by atoms with van der Waals surface area (Å²) in [6.07, 6.45) is 3.57. The van der Waals surface area contributed by atoms with E-state index in [0.717, 1.165) is 11.4 Å². The summed E-state index contributed by atoms with van der Waals surface area (Å²) in [4.78, 5) is 18.0. The summed E-state index contributed by atoms with van der Waals surface area (Å²) in [6.45, 7) is 0.447. The molecule has 1 aromatic carbocycles. The molecule has 0 aliphatic heterocycles. The number of likely N-dealkylation sites (N-methyl/N-ethyl adjacent to an activating group) is 1. The number of rotatable bonds is 4. The number of amides is 1. The van der Waals surface area contributed by atoms with E-state index in [-0.39, 0.29) is 5.91 Å². The Bertz CT molecular complexity index is 550. The fraction of sp³-hybridized carbons (Fsp3) is 0.286. The zero-order valence-corrected chi connectivity index (χ0v) is 11.2. The van der Waals surface area contributed by atoms with Crippen molar-refractivity contribution in [2.24, 2.45) is 12.8 Å². The summed E-state index contributed by atoms with van der Waals surface area (Å²) in [7, 11) is 3.64. The van der Waals surface area contributed by atoms with Crippen LogP contribution in [-0.2, 0) is 18.4 Å². The Hall–Kier alpha value is -2.14. The molecule has 1 atom stereocenters. The fourth-order valence-electron chi connectivity index (χ4n) is 1.88. The molecule has 0 radical (unpaired) electrons. The largest absolute Gasteiger partial charge is 0.337 e. The smallest absolute Gasteiger partial charge is 0.244 e. The third-order valence-corrected chi connectivity index (χ3v) is 3.10. The molecule has 0 aliphatic rings. The van der Waals surface area contributed by atoms with E-state index in [0.29, 0.717) is 6.54 Å². The van der Waals surface area contributed by atoms with E-state index in [1.165, 1.54) is 0 Å². The number of carbonyl (C=O) groups is 1. The predicted octanol–water partition coefficient (Wildman–Crippen LogP) is 1.08. The van der Waals surface area contributed by atoms with Crippen molar-refractivity contribution < 1.29 is 4.79 Å². The minimum absolute atomic E-state index is 0.116. The molecule has 5 heteroatoms. The van der Waals surface area contributed by atoms with E-state index in [9.17, 15) is 4.79 Å². The second kappa shape index (κ2) is 5.67. The number of hydrogen-bond donors (Lipinski definition) is 1. The van der Waals surface area contributed by atoms with Gasteiger partial charge in [-0.25, -0.2) is 4.98 Å². The molecule has 2 N–H and O–H groups in total. The van der Waals surface area contributed by atoms with Crippen molar-refractivity contribution >= 4 is 5.91 Å². The first-order valence-corrected chi connectivity index (χ1v) is 6.11. The lowest BCUT2D eigenvalue weighted by atomic mass is 10.1. The van der Waals surface area contributed by atoms with Crippen molar-refractivity contribution in [3.05, 3.63) is 54.1 Å². The van der Waals surface area contributed by atoms with E-state index in [4.69, 9.17) is 5.73 Å². The van der Waals surface area contributed by atoms with Crippen LogP contribution in [0.25, 0.3) is 0 Å². The highest BCUT2D eigenvalue weighted by atomic mass is 16.2. The number of imidazole rings is 1. The summed E-state index contributed by atoms with van der Waals surface area (Å²) < 4.78 is 1.89. The van der Waals surface area contributed by atoms with Gasteiger partial charge in [-0.3, -0.25) is 4.79 Å². The number of hydrogen-bond acceptors (Lipinski definition) is 3. The molecule has 100 valence electrons. The maximum Gasteiger partial charge on any atom is 0.244 e. The first kappa shape index (κ1) is 13.3. The summed E-state index contributed by atoms with van der Waals surface area (Å²) in [5.41, 5.74) is 6.81. The predicted molar refractivity (Wildman–Crippen MR) is 73.1 cm³/mol. The molecule has 19 heavy (non-hydrogen) atoms. The van der Waals surface area contributed by atoms with Gasteiger partial charge in [-0.1, -0.05) is 30.3 Å². The SMILES string of the molecule is CN(Cc1nccn1C)C(=O)C(N)c1ccccc1. The third-order valence-electron chi connectivity index (χ3n) is 3.10. The van der Waals surface area contributed by atoms with Crippen LogP contribution in [0.3, 0.4) is 0 Å². The van der Waals surface area contributed by atoms with Crippen molar-refractivity contribution in [1.29, 1.82) is 0 Å². The highest BCUT2D eigenvalue weighted by Gasteiger charge is 2.20. The minimum atomic E-state index is -0.633. The average Bonchev–Trinajstić information content (AvgIpc) is 2.83. The summed E-state index contributed by atoms with van der Waals surface area (Å²) in [6, 6.07) is 8.74. The van der Waals surface area contributed by atoms with Crippen LogP contribution >= 0.6 is 0 Å². The fourth-order valence-corrected chi connectivity index (χ4v) is 1.88. The number of benzene rings is 1. The van der Waals surface area contributed by atoms with Crippen molar-refractivity contribution in [3.63, 3.8) is 0 Å². The van der Waals surface area contributed by atoms with Gasteiger partial charge in [0.25, 0.3) is 0 Å². The number of aromatic nitrogens is 2. The average molecular weight is 258 g/mol. The monoisotopic (exact) mass is 258 g/mol. The quantitative estimate of drug-likeness (QED) is 0.892. The zero-order chi connectivity index (χ0) is 13.8. The van der Waals surface area contributed by atoms with Gasteiger partial charge in [0.05, 0.1) is 6.54 Å². The number of aryl methyl sites for hydroxylation is 1. The lowest BCUT2D eigenvalue weighted by Crippen LogP contribution is -2.36. The van der Waals surface area contributed by atoms with E-state index in [1.807, 2.05) is 48.1 Å². The molecule has 1 aromatic heterocycles. The molecule has 0 saturated heterocycles. The summed E-state index contributed by atoms with van der Waals surface area (Å²) >= 11 is 0. The number of carbonyl (C=O) groups excluding carboxylic acids is 1. The zero-order valence-electron chi connectivity index (χ0n) is 11.2. The lowest BCUT2D eigenvalue weighted by Gasteiger charge is -2.21. The van der Waals surface area contributed by atoms with Crippen molar-refractivity contribution in [1.82, 2.24) is 14.5 Å². The molecule has 2 rings (SSSR count). The van der Waals surface area contributed by atoms with Crippen molar-refractivity contribution in [2.45, 2.75) is 12.6 Å². The van der Waals surface area contributed by atoms with Crippen LogP contribution in [0, 0.1) is 0 Å². The normalized spacial score (nSPS) is 12.2. The van der Waals surface area contributed by atoms with E-state index < -0.39 is 6.04 Å². The molecular weight excluding hydrogens is 240 g/mol. The van der Waals surface area contributed by atoms with Gasteiger partial charge < -0.3 is 15.2 Å². The molecule has 2 aromatic rings. The Morgan fingerprint density at radius 3 is 2.68 bits per heavy atom. The molecule has 0 saturated carbocycles. The minimum Gasteiger partial charge on any atom is -0.337 e.